The summed E-state index contributed by atoms with van der Waals surface area (Å²) in [5.74, 6) is -0.566. The van der Waals surface area contributed by atoms with Crippen LogP contribution in [-0.4, -0.2) is 85.0 Å². The SMILES string of the molecule is CC(C)(C)OC(=O)NC[C@H](NC(=O)OCC1c2ccccc2-c2ccccc21)C(=O)N1CCN(C(=O)OCc2ccccc2)CC1. The molecule has 11 heteroatoms. The van der Waals surface area contributed by atoms with E-state index in [1.54, 1.807) is 30.6 Å². The van der Waals surface area contributed by atoms with E-state index in [-0.39, 0.29) is 51.9 Å². The van der Waals surface area contributed by atoms with Crippen LogP contribution < -0.4 is 10.6 Å². The summed E-state index contributed by atoms with van der Waals surface area (Å²) in [6.07, 6.45) is -1.96. The zero-order valence-electron chi connectivity index (χ0n) is 26.4. The lowest BCUT2D eigenvalue weighted by atomic mass is 9.98. The Bertz CT molecular complexity index is 1500. The fourth-order valence-electron chi connectivity index (χ4n) is 5.62. The summed E-state index contributed by atoms with van der Waals surface area (Å²) in [6, 6.07) is 24.3. The third-order valence-electron chi connectivity index (χ3n) is 7.84. The van der Waals surface area contributed by atoms with Crippen LogP contribution >= 0.6 is 0 Å². The number of alkyl carbamates (subject to hydrolysis) is 2. The van der Waals surface area contributed by atoms with Gasteiger partial charge in [0.15, 0.2) is 0 Å². The van der Waals surface area contributed by atoms with Crippen molar-refractivity contribution >= 4 is 24.2 Å². The average Bonchev–Trinajstić information content (AvgIpc) is 3.37. The third-order valence-corrected chi connectivity index (χ3v) is 7.84. The minimum Gasteiger partial charge on any atom is -0.449 e. The Morgan fingerprint density at radius 1 is 0.761 bits per heavy atom. The number of nitrogens with zero attached hydrogens (tertiary/aromatic N) is 2. The van der Waals surface area contributed by atoms with Gasteiger partial charge >= 0.3 is 18.3 Å². The molecule has 46 heavy (non-hydrogen) atoms. The summed E-state index contributed by atoms with van der Waals surface area (Å²) in [4.78, 5) is 54.9. The van der Waals surface area contributed by atoms with Gasteiger partial charge in [-0.15, -0.1) is 0 Å². The second kappa shape index (κ2) is 14.4. The molecule has 11 nitrogen and oxygen atoms in total. The highest BCUT2D eigenvalue weighted by Crippen LogP contribution is 2.44. The molecule has 5 rings (SSSR count). The van der Waals surface area contributed by atoms with Gasteiger partial charge in [-0.1, -0.05) is 78.9 Å². The van der Waals surface area contributed by atoms with E-state index in [0.29, 0.717) is 0 Å². The predicted octanol–water partition coefficient (Wildman–Crippen LogP) is 4.90. The Balaban J connectivity index is 1.19. The minimum atomic E-state index is -1.13. The van der Waals surface area contributed by atoms with Gasteiger partial charge in [0.05, 0.1) is 6.54 Å². The molecule has 0 saturated carbocycles. The van der Waals surface area contributed by atoms with Gasteiger partial charge in [-0.2, -0.15) is 0 Å². The molecule has 0 unspecified atom stereocenters. The van der Waals surface area contributed by atoms with Crippen LogP contribution in [0.25, 0.3) is 11.1 Å². The van der Waals surface area contributed by atoms with Crippen LogP contribution in [0.5, 0.6) is 0 Å². The molecule has 1 aliphatic carbocycles. The molecule has 242 valence electrons. The van der Waals surface area contributed by atoms with E-state index in [1.807, 2.05) is 78.9 Å². The zero-order chi connectivity index (χ0) is 32.7. The Morgan fingerprint density at radius 2 is 1.33 bits per heavy atom. The van der Waals surface area contributed by atoms with Crippen LogP contribution in [-0.2, 0) is 25.6 Å². The molecule has 0 aromatic heterocycles. The maximum Gasteiger partial charge on any atom is 0.410 e. The molecule has 1 heterocycles. The monoisotopic (exact) mass is 628 g/mol. The average molecular weight is 629 g/mol. The van der Waals surface area contributed by atoms with E-state index in [1.165, 1.54) is 0 Å². The van der Waals surface area contributed by atoms with Gasteiger partial charge in [-0.3, -0.25) is 4.79 Å². The first-order valence-corrected chi connectivity index (χ1v) is 15.4. The van der Waals surface area contributed by atoms with E-state index >= 15 is 0 Å². The van der Waals surface area contributed by atoms with E-state index < -0.39 is 35.8 Å². The van der Waals surface area contributed by atoms with Crippen LogP contribution in [0.3, 0.4) is 0 Å². The third kappa shape index (κ3) is 8.15. The first-order valence-electron chi connectivity index (χ1n) is 15.4. The number of hydrogen-bond acceptors (Lipinski definition) is 7. The van der Waals surface area contributed by atoms with Gasteiger partial charge in [-0.25, -0.2) is 14.4 Å². The quantitative estimate of drug-likeness (QED) is 0.340. The fraction of sp³-hybridized carbons (Fsp3) is 0.371. The van der Waals surface area contributed by atoms with E-state index in [0.717, 1.165) is 27.8 Å². The van der Waals surface area contributed by atoms with Crippen molar-refractivity contribution in [3.05, 3.63) is 95.6 Å². The summed E-state index contributed by atoms with van der Waals surface area (Å²) >= 11 is 0. The van der Waals surface area contributed by atoms with Crippen LogP contribution in [0.15, 0.2) is 78.9 Å². The van der Waals surface area contributed by atoms with Crippen molar-refractivity contribution in [2.75, 3.05) is 39.3 Å². The lowest BCUT2D eigenvalue weighted by Crippen LogP contribution is -2.58. The standard InChI is InChI=1S/C35H40N4O7/c1-35(2,3)46-32(41)36-21-30(31(40)38-17-19-39(20-18-38)34(43)45-22-24-11-5-4-6-12-24)37-33(42)44-23-29-27-15-9-7-13-25(27)26-14-8-10-16-28(26)29/h4-16,29-30H,17-23H2,1-3H3,(H,36,41)(H,37,42)/t30-/m0/s1. The molecule has 1 aliphatic heterocycles. The molecule has 0 bridgehead atoms. The topological polar surface area (TPSA) is 127 Å². The lowest BCUT2D eigenvalue weighted by molar-refractivity contribution is -0.134. The van der Waals surface area contributed by atoms with Crippen LogP contribution in [0, 0.1) is 0 Å². The highest BCUT2D eigenvalue weighted by molar-refractivity contribution is 5.87. The number of amides is 4. The van der Waals surface area contributed by atoms with Gasteiger partial charge in [0.2, 0.25) is 5.91 Å². The summed E-state index contributed by atoms with van der Waals surface area (Å²) in [6.45, 7) is 6.19. The van der Waals surface area contributed by atoms with Crippen molar-refractivity contribution in [3.8, 4) is 11.1 Å². The lowest BCUT2D eigenvalue weighted by Gasteiger charge is -2.36. The largest absolute Gasteiger partial charge is 0.449 e. The second-order valence-electron chi connectivity index (χ2n) is 12.3. The van der Waals surface area contributed by atoms with Crippen molar-refractivity contribution in [2.45, 2.75) is 44.9 Å². The number of carbonyl (C=O) groups excluding carboxylic acids is 4. The van der Waals surface area contributed by atoms with Crippen molar-refractivity contribution in [1.29, 1.82) is 0 Å². The second-order valence-corrected chi connectivity index (χ2v) is 12.3. The van der Waals surface area contributed by atoms with Gasteiger partial charge < -0.3 is 34.6 Å². The number of ether oxygens (including phenoxy) is 3. The summed E-state index contributed by atoms with van der Waals surface area (Å²) < 4.78 is 16.4. The Labute approximate surface area is 268 Å². The summed E-state index contributed by atoms with van der Waals surface area (Å²) in [7, 11) is 0. The number of fused-ring (bicyclic) bond motifs is 3. The Kier molecular flexibility index (Phi) is 10.1. The molecule has 0 radical (unpaired) electrons. The number of piperazine rings is 1. The molecule has 2 aliphatic rings. The molecule has 2 N–H and O–H groups in total. The Morgan fingerprint density at radius 3 is 1.93 bits per heavy atom. The predicted molar refractivity (Wildman–Crippen MR) is 171 cm³/mol. The van der Waals surface area contributed by atoms with Crippen LogP contribution in [0.2, 0.25) is 0 Å². The number of carbonyl (C=O) groups is 4. The molecule has 0 spiro atoms. The molecule has 4 amide bonds. The van der Waals surface area contributed by atoms with Crippen molar-refractivity contribution < 1.29 is 33.4 Å². The highest BCUT2D eigenvalue weighted by atomic mass is 16.6. The first-order chi connectivity index (χ1) is 22.1. The number of rotatable bonds is 8. The van der Waals surface area contributed by atoms with Crippen LogP contribution in [0.1, 0.15) is 43.4 Å². The normalized spacial score (nSPS) is 14.8. The van der Waals surface area contributed by atoms with Gasteiger partial charge in [0.1, 0.15) is 24.9 Å². The zero-order valence-corrected chi connectivity index (χ0v) is 26.4. The van der Waals surface area contributed by atoms with E-state index in [2.05, 4.69) is 10.6 Å². The molecule has 3 aromatic carbocycles. The van der Waals surface area contributed by atoms with Gasteiger partial charge in [-0.05, 0) is 48.6 Å². The molecular formula is C35H40N4O7. The molecule has 3 aromatic rings. The maximum absolute atomic E-state index is 13.6. The summed E-state index contributed by atoms with van der Waals surface area (Å²) in [5.41, 5.74) is 4.47. The van der Waals surface area contributed by atoms with Gasteiger partial charge in [0, 0.05) is 32.1 Å². The fourth-order valence-corrected chi connectivity index (χ4v) is 5.62. The van der Waals surface area contributed by atoms with E-state index in [9.17, 15) is 19.2 Å². The maximum atomic E-state index is 13.6. The van der Waals surface area contributed by atoms with Crippen molar-refractivity contribution in [3.63, 3.8) is 0 Å². The highest BCUT2D eigenvalue weighted by Gasteiger charge is 2.33. The van der Waals surface area contributed by atoms with E-state index in [4.69, 9.17) is 14.2 Å². The van der Waals surface area contributed by atoms with Crippen LogP contribution in [0.4, 0.5) is 14.4 Å². The number of hydrogen-bond donors (Lipinski definition) is 2. The molecular weight excluding hydrogens is 588 g/mol. The Hall–Kier alpha value is -5.06. The summed E-state index contributed by atoms with van der Waals surface area (Å²) in [5, 5.41) is 5.23. The number of nitrogens with one attached hydrogen (secondary N) is 2. The molecule has 1 atom stereocenters. The smallest absolute Gasteiger partial charge is 0.410 e. The minimum absolute atomic E-state index is 0.0734. The molecule has 1 fully saturated rings. The number of benzene rings is 3. The first kappa shape index (κ1) is 32.3. The van der Waals surface area contributed by atoms with Crippen molar-refractivity contribution in [2.24, 2.45) is 0 Å². The van der Waals surface area contributed by atoms with Crippen molar-refractivity contribution in [1.82, 2.24) is 20.4 Å². The molecule has 1 saturated heterocycles. The van der Waals surface area contributed by atoms with Gasteiger partial charge in [0.25, 0.3) is 0 Å².